The first-order valence-corrected chi connectivity index (χ1v) is 11.3. The quantitative estimate of drug-likeness (QED) is 0.777. The van der Waals surface area contributed by atoms with Crippen molar-refractivity contribution in [3.63, 3.8) is 0 Å². The maximum absolute atomic E-state index is 12.3. The summed E-state index contributed by atoms with van der Waals surface area (Å²) in [5.74, 6) is 3.25. The number of nitrogens with one attached hydrogen (secondary N) is 1. The molecule has 1 saturated heterocycles. The SMILES string of the molecule is COC(=O)c1sc(NC(=O)C[C@H]2CSCCS2)nc1C1CCCC1. The average Bonchev–Trinajstić information content (AvgIpc) is 3.24. The zero-order valence-electron chi connectivity index (χ0n) is 13.7. The lowest BCUT2D eigenvalue weighted by atomic mass is 10.0. The minimum atomic E-state index is -0.353. The van der Waals surface area contributed by atoms with Gasteiger partial charge in [0.05, 0.1) is 12.8 Å². The van der Waals surface area contributed by atoms with Crippen molar-refractivity contribution in [3.05, 3.63) is 10.6 Å². The summed E-state index contributed by atoms with van der Waals surface area (Å²) in [5.41, 5.74) is 0.808. The first kappa shape index (κ1) is 18.1. The Morgan fingerprint density at radius 1 is 1.29 bits per heavy atom. The molecule has 1 saturated carbocycles. The van der Waals surface area contributed by atoms with Crippen LogP contribution in [0.1, 0.15) is 53.4 Å². The summed E-state index contributed by atoms with van der Waals surface area (Å²) in [6.45, 7) is 0. The van der Waals surface area contributed by atoms with E-state index in [1.807, 2.05) is 23.5 Å². The molecule has 8 heteroatoms. The van der Waals surface area contributed by atoms with Gasteiger partial charge in [-0.2, -0.15) is 23.5 Å². The normalized spacial score (nSPS) is 21.6. The van der Waals surface area contributed by atoms with Crippen molar-refractivity contribution in [2.45, 2.75) is 43.3 Å². The van der Waals surface area contributed by atoms with Gasteiger partial charge in [-0.1, -0.05) is 24.2 Å². The standard InChI is InChI=1S/C16H22N2O3S3/c1-21-15(20)14-13(10-4-2-3-5-10)18-16(24-14)17-12(19)8-11-9-22-6-7-23-11/h10-11H,2-9H2,1H3,(H,17,18,19)/t11-/m0/s1. The van der Waals surface area contributed by atoms with E-state index < -0.39 is 0 Å². The number of esters is 1. The highest BCUT2D eigenvalue weighted by atomic mass is 32.2. The van der Waals surface area contributed by atoms with Gasteiger partial charge in [-0.25, -0.2) is 9.78 Å². The van der Waals surface area contributed by atoms with Crippen LogP contribution in [0.25, 0.3) is 0 Å². The minimum absolute atomic E-state index is 0.0156. The lowest BCUT2D eigenvalue weighted by Crippen LogP contribution is -2.22. The summed E-state index contributed by atoms with van der Waals surface area (Å²) in [6.07, 6.45) is 4.94. The third-order valence-electron chi connectivity index (χ3n) is 4.31. The highest BCUT2D eigenvalue weighted by Crippen LogP contribution is 2.39. The van der Waals surface area contributed by atoms with Crippen LogP contribution in [0.2, 0.25) is 0 Å². The Labute approximate surface area is 154 Å². The lowest BCUT2D eigenvalue weighted by Gasteiger charge is -2.19. The number of thiazole rings is 1. The lowest BCUT2D eigenvalue weighted by molar-refractivity contribution is -0.116. The maximum Gasteiger partial charge on any atom is 0.350 e. The van der Waals surface area contributed by atoms with Gasteiger partial charge in [-0.15, -0.1) is 0 Å². The number of carbonyl (C=O) groups is 2. The number of thioether (sulfide) groups is 2. The zero-order valence-corrected chi connectivity index (χ0v) is 16.2. The smallest absolute Gasteiger partial charge is 0.350 e. The Morgan fingerprint density at radius 3 is 2.75 bits per heavy atom. The summed E-state index contributed by atoms with van der Waals surface area (Å²) in [6, 6.07) is 0. The molecule has 0 bridgehead atoms. The number of amides is 1. The van der Waals surface area contributed by atoms with Crippen LogP contribution in [0.4, 0.5) is 5.13 Å². The molecule has 0 spiro atoms. The number of hydrogen-bond donors (Lipinski definition) is 1. The van der Waals surface area contributed by atoms with E-state index in [0.29, 0.717) is 27.6 Å². The Bertz CT molecular complexity index is 593. The summed E-state index contributed by atoms with van der Waals surface area (Å²) < 4.78 is 4.89. The van der Waals surface area contributed by atoms with E-state index >= 15 is 0 Å². The molecule has 1 N–H and O–H groups in total. The van der Waals surface area contributed by atoms with E-state index in [2.05, 4.69) is 10.3 Å². The van der Waals surface area contributed by atoms with Gasteiger partial charge in [0, 0.05) is 34.8 Å². The number of aromatic nitrogens is 1. The molecular formula is C16H22N2O3S3. The largest absolute Gasteiger partial charge is 0.465 e. The molecule has 24 heavy (non-hydrogen) atoms. The molecule has 1 aromatic heterocycles. The topological polar surface area (TPSA) is 68.3 Å². The summed E-state index contributed by atoms with van der Waals surface area (Å²) in [4.78, 5) is 29.4. The van der Waals surface area contributed by atoms with E-state index in [1.54, 1.807) is 0 Å². The summed E-state index contributed by atoms with van der Waals surface area (Å²) in [5, 5.41) is 3.79. The van der Waals surface area contributed by atoms with Crippen molar-refractivity contribution < 1.29 is 14.3 Å². The number of rotatable bonds is 5. The van der Waals surface area contributed by atoms with Gasteiger partial charge in [-0.05, 0) is 12.8 Å². The van der Waals surface area contributed by atoms with Gasteiger partial charge in [0.15, 0.2) is 5.13 Å². The molecule has 132 valence electrons. The fourth-order valence-corrected chi connectivity index (χ4v) is 6.80. The van der Waals surface area contributed by atoms with Gasteiger partial charge in [0.2, 0.25) is 5.91 Å². The molecule has 2 fully saturated rings. The number of hydrogen-bond acceptors (Lipinski definition) is 7. The molecule has 3 rings (SSSR count). The Balaban J connectivity index is 1.68. The van der Waals surface area contributed by atoms with Crippen molar-refractivity contribution in [3.8, 4) is 0 Å². The first-order chi connectivity index (χ1) is 11.7. The number of carbonyl (C=O) groups excluding carboxylic acids is 2. The fraction of sp³-hybridized carbons (Fsp3) is 0.688. The predicted octanol–water partition coefficient (Wildman–Crippen LogP) is 3.76. The first-order valence-electron chi connectivity index (χ1n) is 8.25. The Kier molecular flexibility index (Phi) is 6.46. The van der Waals surface area contributed by atoms with Gasteiger partial charge in [0.25, 0.3) is 0 Å². The molecule has 0 radical (unpaired) electrons. The molecule has 0 unspecified atom stereocenters. The van der Waals surface area contributed by atoms with Crippen LogP contribution >= 0.6 is 34.9 Å². The van der Waals surface area contributed by atoms with E-state index in [4.69, 9.17) is 4.74 Å². The zero-order chi connectivity index (χ0) is 16.9. The van der Waals surface area contributed by atoms with Gasteiger partial charge in [0.1, 0.15) is 4.88 Å². The summed E-state index contributed by atoms with van der Waals surface area (Å²) in [7, 11) is 1.39. The monoisotopic (exact) mass is 386 g/mol. The second-order valence-electron chi connectivity index (χ2n) is 6.03. The highest BCUT2D eigenvalue weighted by molar-refractivity contribution is 8.06. The van der Waals surface area contributed by atoms with Crippen LogP contribution in [-0.4, -0.2) is 46.5 Å². The Hall–Kier alpha value is -0.730. The fourth-order valence-electron chi connectivity index (χ4n) is 3.13. The molecule has 1 aliphatic heterocycles. The molecular weight excluding hydrogens is 364 g/mol. The minimum Gasteiger partial charge on any atom is -0.465 e. The number of methoxy groups -OCH3 is 1. The third kappa shape index (κ3) is 4.46. The number of anilines is 1. The van der Waals surface area contributed by atoms with Crippen LogP contribution < -0.4 is 5.32 Å². The van der Waals surface area contributed by atoms with Crippen LogP contribution in [0.15, 0.2) is 0 Å². The second kappa shape index (κ2) is 8.58. The van der Waals surface area contributed by atoms with E-state index in [-0.39, 0.29) is 11.9 Å². The van der Waals surface area contributed by atoms with Crippen molar-refractivity contribution >= 4 is 51.9 Å². The van der Waals surface area contributed by atoms with E-state index in [0.717, 1.165) is 30.0 Å². The van der Waals surface area contributed by atoms with Crippen LogP contribution in [0, 0.1) is 0 Å². The van der Waals surface area contributed by atoms with E-state index in [1.165, 1.54) is 37.0 Å². The molecule has 1 amide bonds. The molecule has 0 aromatic carbocycles. The Morgan fingerprint density at radius 2 is 2.08 bits per heavy atom. The van der Waals surface area contributed by atoms with Crippen molar-refractivity contribution in [1.29, 1.82) is 0 Å². The molecule has 5 nitrogen and oxygen atoms in total. The second-order valence-corrected chi connectivity index (χ2v) is 9.58. The van der Waals surface area contributed by atoms with Gasteiger partial charge < -0.3 is 10.1 Å². The maximum atomic E-state index is 12.3. The molecule has 1 atom stereocenters. The average molecular weight is 387 g/mol. The van der Waals surface area contributed by atoms with Crippen molar-refractivity contribution in [1.82, 2.24) is 4.98 Å². The summed E-state index contributed by atoms with van der Waals surface area (Å²) >= 11 is 5.01. The molecule has 1 aliphatic carbocycles. The molecule has 1 aromatic rings. The van der Waals surface area contributed by atoms with Crippen molar-refractivity contribution in [2.24, 2.45) is 0 Å². The predicted molar refractivity (Wildman–Crippen MR) is 101 cm³/mol. The molecule has 2 heterocycles. The van der Waals surface area contributed by atoms with Gasteiger partial charge >= 0.3 is 5.97 Å². The molecule has 2 aliphatic rings. The number of nitrogens with zero attached hydrogens (tertiary/aromatic N) is 1. The highest BCUT2D eigenvalue weighted by Gasteiger charge is 2.28. The van der Waals surface area contributed by atoms with Crippen LogP contribution in [-0.2, 0) is 9.53 Å². The van der Waals surface area contributed by atoms with Crippen molar-refractivity contribution in [2.75, 3.05) is 29.7 Å². The van der Waals surface area contributed by atoms with E-state index in [9.17, 15) is 9.59 Å². The van der Waals surface area contributed by atoms with Crippen LogP contribution in [0.5, 0.6) is 0 Å². The van der Waals surface area contributed by atoms with Crippen LogP contribution in [0.3, 0.4) is 0 Å². The van der Waals surface area contributed by atoms with Gasteiger partial charge in [-0.3, -0.25) is 4.79 Å². The number of ether oxygens (including phenoxy) is 1. The third-order valence-corrected chi connectivity index (χ3v) is 8.12.